The Balaban J connectivity index is 1.70. The number of nitrogens with one attached hydrogen (secondary N) is 2. The lowest BCUT2D eigenvalue weighted by atomic mass is 10.0. The van der Waals surface area contributed by atoms with Crippen molar-refractivity contribution in [3.05, 3.63) is 88.9 Å². The van der Waals surface area contributed by atoms with Gasteiger partial charge in [0.25, 0.3) is 5.56 Å². The van der Waals surface area contributed by atoms with E-state index in [1.165, 1.54) is 6.33 Å². The first-order valence-corrected chi connectivity index (χ1v) is 10.8. The maximum absolute atomic E-state index is 13.9. The second kappa shape index (κ2) is 9.17. The van der Waals surface area contributed by atoms with Crippen molar-refractivity contribution in [1.82, 2.24) is 24.5 Å². The van der Waals surface area contributed by atoms with Gasteiger partial charge in [-0.05, 0) is 36.6 Å². The first-order chi connectivity index (χ1) is 16.7. The van der Waals surface area contributed by atoms with Crippen LogP contribution in [0.3, 0.4) is 0 Å². The normalized spacial score (nSPS) is 11.8. The van der Waals surface area contributed by atoms with Crippen molar-refractivity contribution < 1.29 is 4.74 Å². The number of para-hydroxylation sites is 1. The number of aromatic amines is 1. The van der Waals surface area contributed by atoms with Gasteiger partial charge in [-0.1, -0.05) is 42.2 Å². The number of fused-ring (bicyclic) bond motifs is 2. The van der Waals surface area contributed by atoms with Crippen LogP contribution in [0.25, 0.3) is 27.6 Å². The number of benzene rings is 2. The summed E-state index contributed by atoms with van der Waals surface area (Å²) in [6, 6.07) is 17.0. The third-order valence-corrected chi connectivity index (χ3v) is 5.55. The van der Waals surface area contributed by atoms with E-state index in [2.05, 4.69) is 37.1 Å². The molecule has 0 saturated carbocycles. The van der Waals surface area contributed by atoms with Gasteiger partial charge in [0.15, 0.2) is 11.5 Å². The van der Waals surface area contributed by atoms with Crippen molar-refractivity contribution in [2.24, 2.45) is 0 Å². The zero-order valence-electron chi connectivity index (χ0n) is 18.7. The van der Waals surface area contributed by atoms with Crippen molar-refractivity contribution in [1.29, 1.82) is 0 Å². The highest BCUT2D eigenvalue weighted by Crippen LogP contribution is 2.26. The lowest BCUT2D eigenvalue weighted by Gasteiger charge is -2.21. The topological polar surface area (TPSA) is 97.7 Å². The monoisotopic (exact) mass is 450 g/mol. The molecule has 8 nitrogen and oxygen atoms in total. The molecule has 0 radical (unpaired) electrons. The number of hydrogen-bond acceptors (Lipinski definition) is 6. The van der Waals surface area contributed by atoms with E-state index in [1.54, 1.807) is 18.0 Å². The summed E-state index contributed by atoms with van der Waals surface area (Å²) in [7, 11) is 1.59. The van der Waals surface area contributed by atoms with Gasteiger partial charge in [-0.3, -0.25) is 9.36 Å². The second-order valence-electron chi connectivity index (χ2n) is 7.74. The largest absolute Gasteiger partial charge is 0.372 e. The molecule has 0 saturated heterocycles. The molecule has 0 aliphatic rings. The third-order valence-electron chi connectivity index (χ3n) is 5.55. The van der Waals surface area contributed by atoms with E-state index >= 15 is 0 Å². The molecule has 34 heavy (non-hydrogen) atoms. The summed E-state index contributed by atoms with van der Waals surface area (Å²) in [5, 5.41) is 4.81. The van der Waals surface area contributed by atoms with Gasteiger partial charge < -0.3 is 15.0 Å². The summed E-state index contributed by atoms with van der Waals surface area (Å²) >= 11 is 0. The number of nitrogens with zero attached hydrogens (tertiary/aromatic N) is 4. The van der Waals surface area contributed by atoms with Crippen LogP contribution in [-0.4, -0.2) is 38.2 Å². The molecular formula is C26H22N6O2. The highest BCUT2D eigenvalue weighted by molar-refractivity contribution is 5.88. The van der Waals surface area contributed by atoms with Gasteiger partial charge in [0.2, 0.25) is 0 Å². The molecule has 3 heterocycles. The number of H-pyrrole nitrogens is 1. The first kappa shape index (κ1) is 21.4. The minimum absolute atomic E-state index is 0.135. The second-order valence-corrected chi connectivity index (χ2v) is 7.74. The van der Waals surface area contributed by atoms with Gasteiger partial charge in [-0.15, -0.1) is 0 Å². The van der Waals surface area contributed by atoms with Crippen molar-refractivity contribution in [2.45, 2.75) is 13.0 Å². The summed E-state index contributed by atoms with van der Waals surface area (Å²) in [6.45, 7) is 2.29. The highest BCUT2D eigenvalue weighted by Gasteiger charge is 2.19. The molecule has 3 aromatic heterocycles. The molecule has 8 heteroatoms. The SMILES string of the molecule is COCC#Cc1cccc2cc(C(C)Nc3ncnc4nc[nH]c34)n(-c3ccccc3)c(=O)c12. The molecule has 0 amide bonds. The van der Waals surface area contributed by atoms with E-state index in [0.29, 0.717) is 34.5 Å². The van der Waals surface area contributed by atoms with Crippen LogP contribution >= 0.6 is 0 Å². The molecule has 0 spiro atoms. The number of rotatable bonds is 5. The quantitative estimate of drug-likeness (QED) is 0.395. The summed E-state index contributed by atoms with van der Waals surface area (Å²) in [4.78, 5) is 29.7. The van der Waals surface area contributed by atoms with Crippen molar-refractivity contribution in [3.63, 3.8) is 0 Å². The van der Waals surface area contributed by atoms with E-state index < -0.39 is 0 Å². The van der Waals surface area contributed by atoms with Crippen LogP contribution in [0.5, 0.6) is 0 Å². The van der Waals surface area contributed by atoms with Gasteiger partial charge in [0, 0.05) is 24.1 Å². The van der Waals surface area contributed by atoms with Crippen LogP contribution in [0.4, 0.5) is 5.82 Å². The van der Waals surface area contributed by atoms with Gasteiger partial charge in [-0.2, -0.15) is 0 Å². The molecule has 0 aliphatic carbocycles. The van der Waals surface area contributed by atoms with Gasteiger partial charge >= 0.3 is 0 Å². The predicted molar refractivity (Wildman–Crippen MR) is 132 cm³/mol. The number of aromatic nitrogens is 5. The third kappa shape index (κ3) is 3.89. The first-order valence-electron chi connectivity index (χ1n) is 10.8. The average molecular weight is 451 g/mol. The van der Waals surface area contributed by atoms with Crippen LogP contribution in [0.2, 0.25) is 0 Å². The average Bonchev–Trinajstić information content (AvgIpc) is 3.34. The number of anilines is 1. The zero-order valence-corrected chi connectivity index (χ0v) is 18.7. The number of methoxy groups -OCH3 is 1. The smallest absolute Gasteiger partial charge is 0.264 e. The van der Waals surface area contributed by atoms with Crippen molar-refractivity contribution >= 4 is 27.8 Å². The summed E-state index contributed by atoms with van der Waals surface area (Å²) in [5.74, 6) is 6.65. The molecule has 1 atom stereocenters. The summed E-state index contributed by atoms with van der Waals surface area (Å²) in [6.07, 6.45) is 3.05. The molecule has 5 rings (SSSR count). The Morgan fingerprint density at radius 3 is 2.79 bits per heavy atom. The van der Waals surface area contributed by atoms with Gasteiger partial charge in [0.05, 0.1) is 17.8 Å². The Bertz CT molecular complexity index is 1590. The van der Waals surface area contributed by atoms with E-state index in [1.807, 2.05) is 61.5 Å². The molecule has 1 unspecified atom stereocenters. The molecule has 0 bridgehead atoms. The Hall–Kier alpha value is -4.48. The van der Waals surface area contributed by atoms with E-state index in [9.17, 15) is 4.79 Å². The lowest BCUT2D eigenvalue weighted by Crippen LogP contribution is -2.26. The maximum Gasteiger partial charge on any atom is 0.264 e. The van der Waals surface area contributed by atoms with Gasteiger partial charge in [-0.25, -0.2) is 15.0 Å². The van der Waals surface area contributed by atoms with E-state index in [0.717, 1.165) is 16.8 Å². The molecule has 168 valence electrons. The summed E-state index contributed by atoms with van der Waals surface area (Å²) < 4.78 is 6.78. The molecular weight excluding hydrogens is 428 g/mol. The molecule has 5 aromatic rings. The van der Waals surface area contributed by atoms with E-state index in [-0.39, 0.29) is 11.6 Å². The van der Waals surface area contributed by atoms with Crippen molar-refractivity contribution in [3.8, 4) is 17.5 Å². The zero-order chi connectivity index (χ0) is 23.5. The van der Waals surface area contributed by atoms with Crippen LogP contribution < -0.4 is 10.9 Å². The summed E-state index contributed by atoms with van der Waals surface area (Å²) in [5.41, 5.74) is 3.38. The van der Waals surface area contributed by atoms with Crippen LogP contribution in [-0.2, 0) is 4.74 Å². The van der Waals surface area contributed by atoms with Gasteiger partial charge in [0.1, 0.15) is 18.5 Å². The molecule has 2 aromatic carbocycles. The fourth-order valence-corrected chi connectivity index (χ4v) is 4.01. The Kier molecular flexibility index (Phi) is 5.77. The Morgan fingerprint density at radius 1 is 1.12 bits per heavy atom. The van der Waals surface area contributed by atoms with Crippen LogP contribution in [0, 0.1) is 11.8 Å². The fourth-order valence-electron chi connectivity index (χ4n) is 4.01. The standard InChI is InChI=1S/C26H22N6O2/c1-17(31-25-23-24(28-15-27-23)29-16-30-25)21-14-19-9-6-8-18(10-7-13-34-2)22(19)26(33)32(21)20-11-4-3-5-12-20/h3-6,8-9,11-12,14-17H,13H2,1-2H3,(H2,27,28,29,30,31). The minimum Gasteiger partial charge on any atom is -0.372 e. The van der Waals surface area contributed by atoms with Crippen molar-refractivity contribution in [2.75, 3.05) is 19.0 Å². The number of hydrogen-bond donors (Lipinski definition) is 2. The van der Waals surface area contributed by atoms with E-state index in [4.69, 9.17) is 4.74 Å². The lowest BCUT2D eigenvalue weighted by molar-refractivity contribution is 0.240. The number of pyridine rings is 1. The molecule has 0 fully saturated rings. The highest BCUT2D eigenvalue weighted by atomic mass is 16.5. The minimum atomic E-state index is -0.262. The Morgan fingerprint density at radius 2 is 1.97 bits per heavy atom. The molecule has 0 aliphatic heterocycles. The fraction of sp³-hybridized carbons (Fsp3) is 0.154. The number of imidazole rings is 1. The van der Waals surface area contributed by atoms with Crippen LogP contribution in [0.15, 0.2) is 72.0 Å². The number of ether oxygens (including phenoxy) is 1. The maximum atomic E-state index is 13.9. The van der Waals surface area contributed by atoms with Crippen LogP contribution in [0.1, 0.15) is 24.2 Å². The Labute approximate surface area is 195 Å². The molecule has 2 N–H and O–H groups in total. The predicted octanol–water partition coefficient (Wildman–Crippen LogP) is 3.83.